The Hall–Kier alpha value is -4.16. The highest BCUT2D eigenvalue weighted by molar-refractivity contribution is 6.21. The van der Waals surface area contributed by atoms with Crippen molar-refractivity contribution in [3.05, 3.63) is 133 Å². The van der Waals surface area contributed by atoms with Gasteiger partial charge in [-0.3, -0.25) is 0 Å². The van der Waals surface area contributed by atoms with Crippen LogP contribution >= 0.6 is 0 Å². The molecule has 0 atom stereocenters. The van der Waals surface area contributed by atoms with E-state index in [4.69, 9.17) is 0 Å². The van der Waals surface area contributed by atoms with Gasteiger partial charge in [-0.2, -0.15) is 0 Å². The van der Waals surface area contributed by atoms with Gasteiger partial charge < -0.3 is 0 Å². The predicted molar refractivity (Wildman–Crippen MR) is 137 cm³/mol. The van der Waals surface area contributed by atoms with Gasteiger partial charge in [-0.05, 0) is 67.1 Å². The maximum atomic E-state index is 3.39. The second kappa shape index (κ2) is 7.83. The van der Waals surface area contributed by atoms with E-state index < -0.39 is 0 Å². The molecule has 0 fully saturated rings. The second-order valence-electron chi connectivity index (χ2n) is 8.06. The molecule has 0 aliphatic heterocycles. The third-order valence-electron chi connectivity index (χ3n) is 6.17. The highest BCUT2D eigenvalue weighted by atomic mass is 14.2. The largest absolute Gasteiger partial charge is 0.0622 e. The van der Waals surface area contributed by atoms with Gasteiger partial charge in [0.15, 0.2) is 0 Å². The Bertz CT molecular complexity index is 1530. The Morgan fingerprint density at radius 1 is 0.375 bits per heavy atom. The minimum Gasteiger partial charge on any atom is -0.0622 e. The lowest BCUT2D eigenvalue weighted by Gasteiger charge is -2.18. The molecule has 0 spiro atoms. The molecule has 0 nitrogen and oxygen atoms in total. The maximum Gasteiger partial charge on any atom is -0.00262 e. The fourth-order valence-corrected chi connectivity index (χ4v) is 4.75. The summed E-state index contributed by atoms with van der Waals surface area (Å²) in [4.78, 5) is 0. The van der Waals surface area contributed by atoms with E-state index >= 15 is 0 Å². The molecule has 0 aliphatic carbocycles. The fourth-order valence-electron chi connectivity index (χ4n) is 4.75. The fraction of sp³-hybridized carbons (Fsp3) is 0. The normalized spacial score (nSPS) is 11.1. The molecule has 0 heterocycles. The van der Waals surface area contributed by atoms with E-state index in [0.29, 0.717) is 0 Å². The zero-order valence-corrected chi connectivity index (χ0v) is 17.6. The van der Waals surface area contributed by atoms with Gasteiger partial charge >= 0.3 is 0 Å². The molecule has 0 aromatic heterocycles. The molecule has 0 saturated heterocycles. The van der Waals surface area contributed by atoms with Crippen LogP contribution in [0.1, 0.15) is 0 Å². The highest BCUT2D eigenvalue weighted by Gasteiger charge is 2.17. The quantitative estimate of drug-likeness (QED) is 0.258. The van der Waals surface area contributed by atoms with Crippen molar-refractivity contribution >= 4 is 21.5 Å². The average Bonchev–Trinajstić information content (AvgIpc) is 2.88. The Morgan fingerprint density at radius 2 is 0.906 bits per heavy atom. The number of benzene rings is 6. The summed E-state index contributed by atoms with van der Waals surface area (Å²) in [5, 5.41) is 5.10. The topological polar surface area (TPSA) is 0 Å². The summed E-state index contributed by atoms with van der Waals surface area (Å²) in [6.07, 6.45) is 0. The van der Waals surface area contributed by atoms with Crippen molar-refractivity contribution in [1.29, 1.82) is 0 Å². The smallest absolute Gasteiger partial charge is 0.00262 e. The lowest BCUT2D eigenvalue weighted by atomic mass is 9.85. The molecule has 1 radical (unpaired) electrons. The minimum atomic E-state index is 1.11. The van der Waals surface area contributed by atoms with Gasteiger partial charge in [0.05, 0.1) is 0 Å². The van der Waals surface area contributed by atoms with Crippen molar-refractivity contribution in [2.45, 2.75) is 0 Å². The van der Waals surface area contributed by atoms with Crippen LogP contribution in [-0.4, -0.2) is 0 Å². The van der Waals surface area contributed by atoms with Gasteiger partial charge in [-0.15, -0.1) is 0 Å². The first-order valence-electron chi connectivity index (χ1n) is 11.0. The number of rotatable bonds is 3. The summed E-state index contributed by atoms with van der Waals surface area (Å²) in [6.45, 7) is 0. The first kappa shape index (κ1) is 18.6. The van der Waals surface area contributed by atoms with E-state index in [9.17, 15) is 0 Å². The molecular formula is C32H21. The van der Waals surface area contributed by atoms with E-state index in [-0.39, 0.29) is 0 Å². The molecule has 0 saturated carbocycles. The third-order valence-corrected chi connectivity index (χ3v) is 6.17. The van der Waals surface area contributed by atoms with E-state index in [1.165, 1.54) is 49.4 Å². The van der Waals surface area contributed by atoms with E-state index in [1.807, 2.05) is 12.1 Å². The van der Waals surface area contributed by atoms with Crippen LogP contribution in [0.25, 0.3) is 54.9 Å². The number of fused-ring (bicyclic) bond motifs is 2. The van der Waals surface area contributed by atoms with Crippen LogP contribution in [0.5, 0.6) is 0 Å². The van der Waals surface area contributed by atoms with E-state index in [2.05, 4.69) is 121 Å². The summed E-state index contributed by atoms with van der Waals surface area (Å²) in [5.41, 5.74) is 7.36. The van der Waals surface area contributed by atoms with Crippen LogP contribution < -0.4 is 0 Å². The first-order valence-corrected chi connectivity index (χ1v) is 11.0. The average molecular weight is 406 g/mol. The molecule has 6 aromatic rings. The summed E-state index contributed by atoms with van der Waals surface area (Å²) in [7, 11) is 0. The number of hydrogen-bond acceptors (Lipinski definition) is 0. The Labute approximate surface area is 188 Å². The van der Waals surface area contributed by atoms with Gasteiger partial charge in [0.2, 0.25) is 0 Å². The summed E-state index contributed by atoms with van der Waals surface area (Å²) < 4.78 is 0. The van der Waals surface area contributed by atoms with Crippen molar-refractivity contribution in [1.82, 2.24) is 0 Å². The molecule has 149 valence electrons. The predicted octanol–water partition coefficient (Wildman–Crippen LogP) is 8.79. The molecule has 0 amide bonds. The second-order valence-corrected chi connectivity index (χ2v) is 8.06. The number of hydrogen-bond donors (Lipinski definition) is 0. The molecule has 0 unspecified atom stereocenters. The lowest BCUT2D eigenvalue weighted by Crippen LogP contribution is -1.91. The molecule has 6 aromatic carbocycles. The zero-order chi connectivity index (χ0) is 21.3. The lowest BCUT2D eigenvalue weighted by molar-refractivity contribution is 1.62. The molecule has 0 bridgehead atoms. The van der Waals surface area contributed by atoms with Crippen LogP contribution in [0.4, 0.5) is 0 Å². The first-order chi connectivity index (χ1) is 15.9. The minimum absolute atomic E-state index is 1.11. The molecule has 32 heavy (non-hydrogen) atoms. The zero-order valence-electron chi connectivity index (χ0n) is 17.6. The summed E-state index contributed by atoms with van der Waals surface area (Å²) in [5.74, 6) is 0. The van der Waals surface area contributed by atoms with Crippen LogP contribution in [0.2, 0.25) is 0 Å². The Morgan fingerprint density at radius 3 is 1.50 bits per heavy atom. The van der Waals surface area contributed by atoms with Crippen molar-refractivity contribution < 1.29 is 0 Å². The van der Waals surface area contributed by atoms with Crippen molar-refractivity contribution in [2.24, 2.45) is 0 Å². The molecule has 6 rings (SSSR count). The van der Waals surface area contributed by atoms with E-state index in [1.54, 1.807) is 0 Å². The molecular weight excluding hydrogens is 384 g/mol. The van der Waals surface area contributed by atoms with Crippen LogP contribution in [0, 0.1) is 6.07 Å². The van der Waals surface area contributed by atoms with Crippen LogP contribution in [0.3, 0.4) is 0 Å². The van der Waals surface area contributed by atoms with Crippen LogP contribution in [-0.2, 0) is 0 Å². The van der Waals surface area contributed by atoms with Crippen molar-refractivity contribution in [3.8, 4) is 33.4 Å². The van der Waals surface area contributed by atoms with E-state index in [0.717, 1.165) is 5.56 Å². The van der Waals surface area contributed by atoms with Gasteiger partial charge in [-0.25, -0.2) is 0 Å². The van der Waals surface area contributed by atoms with Gasteiger partial charge in [0, 0.05) is 0 Å². The molecule has 0 heteroatoms. The van der Waals surface area contributed by atoms with Crippen molar-refractivity contribution in [3.63, 3.8) is 0 Å². The Kier molecular flexibility index (Phi) is 4.55. The van der Waals surface area contributed by atoms with Gasteiger partial charge in [0.1, 0.15) is 0 Å². The highest BCUT2D eigenvalue weighted by Crippen LogP contribution is 2.44. The Balaban J connectivity index is 1.80. The molecule has 0 aliphatic rings. The van der Waals surface area contributed by atoms with Crippen LogP contribution in [0.15, 0.2) is 127 Å². The molecule has 0 N–H and O–H groups in total. The monoisotopic (exact) mass is 405 g/mol. The third kappa shape index (κ3) is 3.09. The summed E-state index contributed by atoms with van der Waals surface area (Å²) in [6, 6.07) is 48.7. The van der Waals surface area contributed by atoms with Crippen molar-refractivity contribution in [2.75, 3.05) is 0 Å². The van der Waals surface area contributed by atoms with Gasteiger partial charge in [0.25, 0.3) is 0 Å². The standard InChI is InChI=1S/C32H21/c1-4-12-23(13-5-1)26-20-21-29-30(22-26)32(25-16-8-3-9-17-25)28-19-11-10-18-27(28)31(29)24-14-6-2-7-15-24/h1-12,14-22H. The summed E-state index contributed by atoms with van der Waals surface area (Å²) >= 11 is 0. The SMILES string of the molecule is [c]1ccccc1-c1ccc2c(-c3ccccc3)c3ccccc3c(-c3ccccc3)c2c1. The maximum absolute atomic E-state index is 3.39. The van der Waals surface area contributed by atoms with Gasteiger partial charge in [-0.1, -0.05) is 121 Å².